The van der Waals surface area contributed by atoms with Crippen molar-refractivity contribution in [1.82, 2.24) is 0 Å². The summed E-state index contributed by atoms with van der Waals surface area (Å²) in [6, 6.07) is 0. The van der Waals surface area contributed by atoms with Gasteiger partial charge in [0.25, 0.3) is 6.29 Å². The van der Waals surface area contributed by atoms with Gasteiger partial charge in [-0.1, -0.05) is 345 Å². The number of unbranched alkanes of at least 4 members (excludes halogenated alkanes) is 50. The molecule has 0 radical (unpaired) electrons. The Kier molecular flexibility index (Phi) is 68.9. The van der Waals surface area contributed by atoms with E-state index in [9.17, 15) is 19.5 Å². The third-order valence-electron chi connectivity index (χ3n) is 17.6. The summed E-state index contributed by atoms with van der Waals surface area (Å²) >= 11 is 0. The highest BCUT2D eigenvalue weighted by Crippen LogP contribution is 2.19. The molecule has 0 rings (SSSR count). The van der Waals surface area contributed by atoms with Gasteiger partial charge in [-0.05, 0) is 77.0 Å². The van der Waals surface area contributed by atoms with Gasteiger partial charge in [-0.2, -0.15) is 0 Å². The van der Waals surface area contributed by atoms with E-state index in [4.69, 9.17) is 18.9 Å². The van der Waals surface area contributed by atoms with E-state index in [2.05, 4.69) is 62.5 Å². The predicted octanol–water partition coefficient (Wildman–Crippen LogP) is 24.5. The third kappa shape index (κ3) is 72.5. The Morgan fingerprint density at radius 1 is 0.337 bits per heavy atom. The van der Waals surface area contributed by atoms with Gasteiger partial charge in [0.05, 0.1) is 34.4 Å². The minimum atomic E-state index is -1.51. The quantitative estimate of drug-likeness (QED) is 0.0211. The Bertz CT molecular complexity index is 1600. The number of rotatable bonds is 73. The summed E-state index contributed by atoms with van der Waals surface area (Å²) in [5.41, 5.74) is 0. The van der Waals surface area contributed by atoms with Crippen LogP contribution in [0.25, 0.3) is 0 Å². The lowest BCUT2D eigenvalue weighted by Crippen LogP contribution is -2.40. The molecule has 0 saturated heterocycles. The van der Waals surface area contributed by atoms with E-state index in [0.29, 0.717) is 17.4 Å². The molecule has 1 N–H and O–H groups in total. The van der Waals surface area contributed by atoms with Crippen LogP contribution in [0.15, 0.2) is 48.6 Å². The molecule has 9 heteroatoms. The van der Waals surface area contributed by atoms with Crippen molar-refractivity contribution in [2.24, 2.45) is 0 Å². The molecule has 9 nitrogen and oxygen atoms in total. The Labute approximate surface area is 553 Å². The van der Waals surface area contributed by atoms with Gasteiger partial charge in [0.2, 0.25) is 0 Å². The van der Waals surface area contributed by atoms with Crippen LogP contribution in [-0.2, 0) is 33.3 Å². The van der Waals surface area contributed by atoms with Crippen LogP contribution < -0.4 is 0 Å². The van der Waals surface area contributed by atoms with Crippen LogP contribution in [-0.4, -0.2) is 87.4 Å². The van der Waals surface area contributed by atoms with Crippen molar-refractivity contribution >= 4 is 17.9 Å². The molecule has 0 aliphatic rings. The first-order valence-electron chi connectivity index (χ1n) is 38.8. The van der Waals surface area contributed by atoms with Crippen molar-refractivity contribution in [1.29, 1.82) is 0 Å². The van der Waals surface area contributed by atoms with E-state index in [-0.39, 0.29) is 38.2 Å². The number of carboxylic acids is 1. The number of carbonyl (C=O) groups excluding carboxylic acids is 2. The molecule has 0 aromatic heterocycles. The number of esters is 2. The van der Waals surface area contributed by atoms with E-state index in [1.54, 1.807) is 0 Å². The molecule has 0 aromatic rings. The summed E-state index contributed by atoms with van der Waals surface area (Å²) in [6.45, 7) is 4.92. The highest BCUT2D eigenvalue weighted by atomic mass is 16.7. The monoisotopic (exact) mass is 1250 g/mol. The summed E-state index contributed by atoms with van der Waals surface area (Å²) < 4.78 is 23.0. The molecule has 0 aliphatic heterocycles. The standard InChI is InChI=1S/C80H149NO8/c1-6-8-10-12-14-16-18-20-22-24-26-28-30-32-34-35-36-37-38-39-40-41-42-43-45-47-49-51-53-55-57-59-61-63-65-67-69-71-78(83)89-76(75-88-80(79(84)85)86-73-72-81(3,4)5)74-87-77(82)70-68-66-64-62-60-58-56-54-52-50-48-46-44-33-31-29-27-25-23-21-19-17-15-13-11-9-7-2/h18-21,24-27,76,80H,6-17,22-23,28-75H2,1-5H3/p+1/b20-18-,21-19-,26-24-,27-25-. The zero-order chi connectivity index (χ0) is 64.7. The molecular weight excluding hydrogens is 1100 g/mol. The molecule has 0 amide bonds. The smallest absolute Gasteiger partial charge is 0.361 e. The SMILES string of the molecule is CCCCCCC/C=C\C/C=C\CCCCCCCCCCCCCCCCCCCCCCCCCCCC(=O)OC(COC(=O)CCCCCCCCCCCCCCCCC/C=C\C/C=C\CCCCCCC)COC(OCC[N+](C)(C)C)C(=O)O. The summed E-state index contributed by atoms with van der Waals surface area (Å²) in [5.74, 6) is -1.98. The highest BCUT2D eigenvalue weighted by molar-refractivity contribution is 5.71. The number of carbonyl (C=O) groups is 3. The van der Waals surface area contributed by atoms with E-state index >= 15 is 0 Å². The van der Waals surface area contributed by atoms with Crippen LogP contribution in [0.2, 0.25) is 0 Å². The van der Waals surface area contributed by atoms with Crippen molar-refractivity contribution in [3.63, 3.8) is 0 Å². The Balaban J connectivity index is 3.98. The fraction of sp³-hybridized carbons (Fsp3) is 0.863. The molecule has 522 valence electrons. The van der Waals surface area contributed by atoms with Crippen molar-refractivity contribution in [2.75, 3.05) is 47.5 Å². The van der Waals surface area contributed by atoms with E-state index in [1.807, 2.05) is 21.1 Å². The lowest BCUT2D eigenvalue weighted by Gasteiger charge is -2.25. The van der Waals surface area contributed by atoms with Gasteiger partial charge in [-0.15, -0.1) is 0 Å². The number of hydrogen-bond acceptors (Lipinski definition) is 7. The van der Waals surface area contributed by atoms with Crippen LogP contribution in [0, 0.1) is 0 Å². The first kappa shape index (κ1) is 86.2. The van der Waals surface area contributed by atoms with Gasteiger partial charge < -0.3 is 28.5 Å². The highest BCUT2D eigenvalue weighted by Gasteiger charge is 2.25. The minimum Gasteiger partial charge on any atom is -0.477 e. The second-order valence-corrected chi connectivity index (χ2v) is 27.7. The number of likely N-dealkylation sites (N-methyl/N-ethyl adjacent to an activating group) is 1. The molecule has 0 aliphatic carbocycles. The maximum absolute atomic E-state index is 13.0. The van der Waals surface area contributed by atoms with Crippen molar-refractivity contribution in [3.05, 3.63) is 48.6 Å². The van der Waals surface area contributed by atoms with Gasteiger partial charge in [0.1, 0.15) is 13.2 Å². The lowest BCUT2D eigenvalue weighted by molar-refractivity contribution is -0.870. The number of ether oxygens (including phenoxy) is 4. The van der Waals surface area contributed by atoms with Crippen LogP contribution in [0.3, 0.4) is 0 Å². The average molecular weight is 1250 g/mol. The fourth-order valence-electron chi connectivity index (χ4n) is 11.6. The lowest BCUT2D eigenvalue weighted by atomic mass is 10.0. The number of hydrogen-bond donors (Lipinski definition) is 1. The molecular formula is C80H150NO8+. The number of quaternary nitrogens is 1. The average Bonchev–Trinajstić information content (AvgIpc) is 3.70. The molecule has 0 heterocycles. The van der Waals surface area contributed by atoms with Crippen molar-refractivity contribution in [2.45, 2.75) is 399 Å². The van der Waals surface area contributed by atoms with Crippen LogP contribution in [0.4, 0.5) is 0 Å². The van der Waals surface area contributed by atoms with Gasteiger partial charge >= 0.3 is 17.9 Å². The summed E-state index contributed by atoms with van der Waals surface area (Å²) in [7, 11) is 5.99. The largest absolute Gasteiger partial charge is 0.477 e. The molecule has 0 spiro atoms. The van der Waals surface area contributed by atoms with Gasteiger partial charge in [-0.25, -0.2) is 4.79 Å². The minimum absolute atomic E-state index is 0.177. The Morgan fingerprint density at radius 3 is 0.888 bits per heavy atom. The molecule has 0 fully saturated rings. The molecule has 0 saturated carbocycles. The fourth-order valence-corrected chi connectivity index (χ4v) is 11.6. The topological polar surface area (TPSA) is 108 Å². The summed E-state index contributed by atoms with van der Waals surface area (Å²) in [6.07, 6.45) is 89.7. The normalized spacial score (nSPS) is 12.9. The molecule has 89 heavy (non-hydrogen) atoms. The predicted molar refractivity (Wildman–Crippen MR) is 383 cm³/mol. The summed E-state index contributed by atoms with van der Waals surface area (Å²) in [4.78, 5) is 37.7. The summed E-state index contributed by atoms with van der Waals surface area (Å²) in [5, 5.41) is 9.76. The van der Waals surface area contributed by atoms with Gasteiger partial charge in [0, 0.05) is 12.8 Å². The Morgan fingerprint density at radius 2 is 0.607 bits per heavy atom. The molecule has 0 aromatic carbocycles. The number of carboxylic acid groups (broad SMARTS) is 1. The van der Waals surface area contributed by atoms with Crippen molar-refractivity contribution in [3.8, 4) is 0 Å². The zero-order valence-electron chi connectivity index (χ0n) is 59.9. The second kappa shape index (κ2) is 71.1. The van der Waals surface area contributed by atoms with E-state index in [1.165, 1.54) is 308 Å². The number of nitrogens with zero attached hydrogens (tertiary/aromatic N) is 1. The van der Waals surface area contributed by atoms with Crippen LogP contribution >= 0.6 is 0 Å². The maximum Gasteiger partial charge on any atom is 0.361 e. The molecule has 2 atom stereocenters. The zero-order valence-corrected chi connectivity index (χ0v) is 59.9. The number of allylic oxidation sites excluding steroid dienone is 8. The third-order valence-corrected chi connectivity index (χ3v) is 17.6. The van der Waals surface area contributed by atoms with Crippen molar-refractivity contribution < 1.29 is 42.9 Å². The Hall–Kier alpha value is -2.75. The number of aliphatic carboxylic acids is 1. The van der Waals surface area contributed by atoms with Gasteiger partial charge in [-0.3, -0.25) is 9.59 Å². The molecule has 2 unspecified atom stereocenters. The van der Waals surface area contributed by atoms with E-state index < -0.39 is 18.4 Å². The van der Waals surface area contributed by atoms with Crippen LogP contribution in [0.5, 0.6) is 0 Å². The molecule has 0 bridgehead atoms. The first-order chi connectivity index (χ1) is 43.6. The van der Waals surface area contributed by atoms with Gasteiger partial charge in [0.15, 0.2) is 6.10 Å². The maximum atomic E-state index is 13.0. The van der Waals surface area contributed by atoms with E-state index in [0.717, 1.165) is 51.4 Å². The first-order valence-corrected chi connectivity index (χ1v) is 38.8. The second-order valence-electron chi connectivity index (χ2n) is 27.7. The van der Waals surface area contributed by atoms with Crippen LogP contribution in [0.1, 0.15) is 386 Å².